The number of hydrogen-bond donors (Lipinski definition) is 3. The Bertz CT molecular complexity index is 903. The van der Waals surface area contributed by atoms with Gasteiger partial charge in [0.25, 0.3) is 11.5 Å². The Morgan fingerprint density at radius 2 is 2.32 bits per heavy atom. The lowest BCUT2D eigenvalue weighted by Gasteiger charge is -2.01. The fraction of sp³-hybridized carbons (Fsp3) is 0.0714. The molecule has 0 aliphatic heterocycles. The molecular weight excluding hydrogens is 322 g/mol. The number of carbonyl (C=O) groups is 1. The molecule has 6 nitrogen and oxygen atoms in total. The molecule has 3 aromatic heterocycles. The topological polar surface area (TPSA) is 109 Å². The molecule has 0 aliphatic rings. The summed E-state index contributed by atoms with van der Waals surface area (Å²) in [5.41, 5.74) is 6.48. The van der Waals surface area contributed by atoms with Crippen molar-refractivity contribution in [2.24, 2.45) is 5.73 Å². The van der Waals surface area contributed by atoms with Crippen LogP contribution >= 0.6 is 23.1 Å². The number of nitrogens with zero attached hydrogens (tertiary/aromatic N) is 1. The molecule has 0 bridgehead atoms. The summed E-state index contributed by atoms with van der Waals surface area (Å²) in [6.07, 6.45) is 3.43. The molecule has 0 atom stereocenters. The van der Waals surface area contributed by atoms with Crippen molar-refractivity contribution in [3.05, 3.63) is 52.1 Å². The Kier molecular flexibility index (Phi) is 3.86. The van der Waals surface area contributed by atoms with Crippen molar-refractivity contribution in [2.45, 2.75) is 9.96 Å². The summed E-state index contributed by atoms with van der Waals surface area (Å²) in [6.45, 7) is 0. The smallest absolute Gasteiger partial charge is 0.252 e. The van der Waals surface area contributed by atoms with Gasteiger partial charge in [-0.25, -0.2) is 0 Å². The highest BCUT2D eigenvalue weighted by Crippen LogP contribution is 2.41. The molecule has 3 heterocycles. The van der Waals surface area contributed by atoms with Crippen molar-refractivity contribution in [3.63, 3.8) is 0 Å². The zero-order valence-electron chi connectivity index (χ0n) is 11.2. The van der Waals surface area contributed by atoms with Crippen LogP contribution in [0.25, 0.3) is 10.2 Å². The molecular formula is C14H11N3O3S2. The van der Waals surface area contributed by atoms with Crippen molar-refractivity contribution in [3.8, 4) is 5.75 Å². The van der Waals surface area contributed by atoms with Gasteiger partial charge in [-0.2, -0.15) is 0 Å². The standard InChI is InChI=1S/C14H11N3O3S2/c15-13(20)10-11-12(8(18)4-9(19)17-11)22-14(10)21-6-7-2-1-3-16-5-7/h1-5H,6H2,(H2,15,20)(H2,17,18,19). The second-order valence-electron chi connectivity index (χ2n) is 4.50. The summed E-state index contributed by atoms with van der Waals surface area (Å²) in [5, 5.41) is 9.88. The van der Waals surface area contributed by atoms with Gasteiger partial charge in [-0.05, 0) is 11.6 Å². The maximum Gasteiger partial charge on any atom is 0.252 e. The Morgan fingerprint density at radius 1 is 1.50 bits per heavy atom. The number of aromatic nitrogens is 2. The summed E-state index contributed by atoms with van der Waals surface area (Å²) in [7, 11) is 0. The fourth-order valence-electron chi connectivity index (χ4n) is 2.02. The number of carbonyl (C=O) groups excluding carboxylic acids is 1. The molecule has 1 amide bonds. The first-order valence-corrected chi connectivity index (χ1v) is 8.06. The number of fused-ring (bicyclic) bond motifs is 1. The quantitative estimate of drug-likeness (QED) is 0.633. The van der Waals surface area contributed by atoms with Gasteiger partial charge in [-0.3, -0.25) is 14.6 Å². The SMILES string of the molecule is NC(=O)c1c(SCc2cccnc2)sc2c(O)cc(=O)[nH]c12. The Balaban J connectivity index is 2.05. The number of pyridine rings is 2. The van der Waals surface area contributed by atoms with Crippen LogP contribution in [0.3, 0.4) is 0 Å². The summed E-state index contributed by atoms with van der Waals surface area (Å²) in [4.78, 5) is 29.8. The van der Waals surface area contributed by atoms with Crippen molar-refractivity contribution < 1.29 is 9.90 Å². The average molecular weight is 333 g/mol. The van der Waals surface area contributed by atoms with E-state index in [2.05, 4.69) is 9.97 Å². The van der Waals surface area contributed by atoms with Gasteiger partial charge < -0.3 is 15.8 Å². The number of thiophene rings is 1. The molecule has 4 N–H and O–H groups in total. The van der Waals surface area contributed by atoms with E-state index in [0.29, 0.717) is 14.7 Å². The van der Waals surface area contributed by atoms with E-state index in [1.54, 1.807) is 12.4 Å². The number of aromatic hydroxyl groups is 1. The monoisotopic (exact) mass is 333 g/mol. The van der Waals surface area contributed by atoms with E-state index < -0.39 is 11.5 Å². The first kappa shape index (κ1) is 14.6. The van der Waals surface area contributed by atoms with Gasteiger partial charge in [0, 0.05) is 24.2 Å². The summed E-state index contributed by atoms with van der Waals surface area (Å²) < 4.78 is 1.10. The molecule has 0 fully saturated rings. The van der Waals surface area contributed by atoms with Gasteiger partial charge in [0.1, 0.15) is 5.75 Å². The van der Waals surface area contributed by atoms with Crippen molar-refractivity contribution in [2.75, 3.05) is 0 Å². The predicted molar refractivity (Wildman–Crippen MR) is 86.4 cm³/mol. The van der Waals surface area contributed by atoms with Crippen LogP contribution in [0.2, 0.25) is 0 Å². The van der Waals surface area contributed by atoms with Crippen LogP contribution in [-0.4, -0.2) is 21.0 Å². The zero-order chi connectivity index (χ0) is 15.7. The van der Waals surface area contributed by atoms with Crippen LogP contribution in [0.4, 0.5) is 0 Å². The summed E-state index contributed by atoms with van der Waals surface area (Å²) >= 11 is 2.64. The summed E-state index contributed by atoms with van der Waals surface area (Å²) in [5.74, 6) is -0.188. The fourth-order valence-corrected chi connectivity index (χ4v) is 4.40. The Hall–Kier alpha value is -2.32. The molecule has 0 unspecified atom stereocenters. The third-order valence-corrected chi connectivity index (χ3v) is 5.52. The number of aromatic amines is 1. The summed E-state index contributed by atoms with van der Waals surface area (Å²) in [6, 6.07) is 4.84. The van der Waals surface area contributed by atoms with Crippen molar-refractivity contribution in [1.29, 1.82) is 0 Å². The maximum atomic E-state index is 11.7. The average Bonchev–Trinajstić information content (AvgIpc) is 2.85. The number of hydrogen-bond acceptors (Lipinski definition) is 6. The third kappa shape index (κ3) is 2.70. The van der Waals surface area contributed by atoms with E-state index in [1.807, 2.05) is 12.1 Å². The second-order valence-corrected chi connectivity index (χ2v) is 6.77. The lowest BCUT2D eigenvalue weighted by Crippen LogP contribution is -2.13. The number of rotatable bonds is 4. The minimum absolute atomic E-state index is 0.153. The molecule has 0 saturated carbocycles. The minimum Gasteiger partial charge on any atom is -0.506 e. The van der Waals surface area contributed by atoms with Crippen molar-refractivity contribution >= 4 is 39.2 Å². The van der Waals surface area contributed by atoms with E-state index in [9.17, 15) is 14.7 Å². The molecule has 112 valence electrons. The zero-order valence-corrected chi connectivity index (χ0v) is 12.8. The number of thioether (sulfide) groups is 1. The Morgan fingerprint density at radius 3 is 3.00 bits per heavy atom. The van der Waals surface area contributed by atoms with E-state index in [0.717, 1.165) is 11.6 Å². The van der Waals surface area contributed by atoms with Crippen LogP contribution in [0, 0.1) is 0 Å². The molecule has 3 aromatic rings. The number of primary amides is 1. The van der Waals surface area contributed by atoms with Gasteiger partial charge in [0.2, 0.25) is 0 Å². The largest absolute Gasteiger partial charge is 0.506 e. The highest BCUT2D eigenvalue weighted by Gasteiger charge is 2.20. The van der Waals surface area contributed by atoms with Crippen LogP contribution in [0.1, 0.15) is 15.9 Å². The molecule has 3 rings (SSSR count). The highest BCUT2D eigenvalue weighted by molar-refractivity contribution is 8.00. The van der Waals surface area contributed by atoms with E-state index in [-0.39, 0.29) is 16.8 Å². The number of nitrogens with two attached hydrogens (primary N) is 1. The first-order chi connectivity index (χ1) is 10.6. The normalized spacial score (nSPS) is 10.9. The molecule has 0 aromatic carbocycles. The van der Waals surface area contributed by atoms with Crippen LogP contribution < -0.4 is 11.3 Å². The van der Waals surface area contributed by atoms with Gasteiger partial charge in [0.15, 0.2) is 0 Å². The number of nitrogens with one attached hydrogen (secondary N) is 1. The molecule has 22 heavy (non-hydrogen) atoms. The molecule has 0 saturated heterocycles. The Labute approximate surface area is 133 Å². The number of amides is 1. The molecule has 8 heteroatoms. The third-order valence-electron chi connectivity index (χ3n) is 2.96. The number of H-pyrrole nitrogens is 1. The van der Waals surface area contributed by atoms with Gasteiger partial charge in [-0.15, -0.1) is 23.1 Å². The minimum atomic E-state index is -0.638. The molecule has 0 spiro atoms. The van der Waals surface area contributed by atoms with E-state index in [1.165, 1.54) is 23.1 Å². The molecule has 0 radical (unpaired) electrons. The lowest BCUT2D eigenvalue weighted by molar-refractivity contribution is 0.0999. The lowest BCUT2D eigenvalue weighted by atomic mass is 10.2. The van der Waals surface area contributed by atoms with Crippen molar-refractivity contribution in [1.82, 2.24) is 9.97 Å². The second kappa shape index (κ2) is 5.82. The predicted octanol–water partition coefficient (Wildman–Crippen LogP) is 2.08. The van der Waals surface area contributed by atoms with Crippen LogP contribution in [-0.2, 0) is 5.75 Å². The first-order valence-electron chi connectivity index (χ1n) is 6.26. The van der Waals surface area contributed by atoms with Crippen LogP contribution in [0.15, 0.2) is 39.6 Å². The van der Waals surface area contributed by atoms with E-state index >= 15 is 0 Å². The highest BCUT2D eigenvalue weighted by atomic mass is 32.2. The van der Waals surface area contributed by atoms with Crippen LogP contribution in [0.5, 0.6) is 5.75 Å². The molecule has 0 aliphatic carbocycles. The van der Waals surface area contributed by atoms with Gasteiger partial charge in [0.05, 0.1) is 20.0 Å². The van der Waals surface area contributed by atoms with Gasteiger partial charge in [-0.1, -0.05) is 6.07 Å². The van der Waals surface area contributed by atoms with Gasteiger partial charge >= 0.3 is 0 Å². The van der Waals surface area contributed by atoms with E-state index in [4.69, 9.17) is 5.73 Å². The maximum absolute atomic E-state index is 11.7.